The molecule has 1 atom stereocenters. The van der Waals surface area contributed by atoms with E-state index in [1.165, 1.54) is 0 Å². The first kappa shape index (κ1) is 18.4. The number of aliphatic hydroxyl groups is 1. The van der Waals surface area contributed by atoms with Gasteiger partial charge in [0.15, 0.2) is 0 Å². The molecular weight excluding hydrogens is 246 g/mol. The standard InChI is InChI=1S/C14H29NO4/c1-11(2)13(16)5-8-18-9-6-14(17)15-7-10-19-12(3)4/h11-13,16H,5-10H2,1-4H3,(H,15,17). The van der Waals surface area contributed by atoms with Crippen LogP contribution in [-0.4, -0.2) is 49.6 Å². The van der Waals surface area contributed by atoms with Gasteiger partial charge in [-0.1, -0.05) is 13.8 Å². The van der Waals surface area contributed by atoms with E-state index in [1.807, 2.05) is 27.7 Å². The minimum Gasteiger partial charge on any atom is -0.393 e. The first-order valence-corrected chi connectivity index (χ1v) is 7.07. The number of hydrogen-bond donors (Lipinski definition) is 2. The second-order valence-electron chi connectivity index (χ2n) is 5.23. The van der Waals surface area contributed by atoms with Crippen LogP contribution in [0.3, 0.4) is 0 Å². The first-order chi connectivity index (χ1) is 8.93. The van der Waals surface area contributed by atoms with Gasteiger partial charge in [0, 0.05) is 19.6 Å². The Labute approximate surface area is 116 Å². The number of ether oxygens (including phenoxy) is 2. The van der Waals surface area contributed by atoms with Gasteiger partial charge >= 0.3 is 0 Å². The number of nitrogens with one attached hydrogen (secondary N) is 1. The van der Waals surface area contributed by atoms with Crippen molar-refractivity contribution in [1.29, 1.82) is 0 Å². The lowest BCUT2D eigenvalue weighted by Gasteiger charge is -2.14. The SMILES string of the molecule is CC(C)OCCNC(=O)CCOCCC(O)C(C)C. The van der Waals surface area contributed by atoms with Crippen LogP contribution in [0.15, 0.2) is 0 Å². The molecule has 0 aliphatic heterocycles. The predicted octanol–water partition coefficient (Wildman–Crippen LogP) is 1.34. The minimum absolute atomic E-state index is 0.0308. The van der Waals surface area contributed by atoms with Crippen LogP contribution in [0.2, 0.25) is 0 Å². The fourth-order valence-corrected chi connectivity index (χ4v) is 1.38. The maximum atomic E-state index is 11.4. The van der Waals surface area contributed by atoms with Crippen LogP contribution in [0.4, 0.5) is 0 Å². The lowest BCUT2D eigenvalue weighted by molar-refractivity contribution is -0.122. The quantitative estimate of drug-likeness (QED) is 0.558. The van der Waals surface area contributed by atoms with Gasteiger partial charge in [-0.25, -0.2) is 0 Å². The van der Waals surface area contributed by atoms with Crippen LogP contribution in [0.25, 0.3) is 0 Å². The first-order valence-electron chi connectivity index (χ1n) is 7.07. The number of hydrogen-bond acceptors (Lipinski definition) is 4. The summed E-state index contributed by atoms with van der Waals surface area (Å²) in [6.45, 7) is 9.80. The highest BCUT2D eigenvalue weighted by molar-refractivity contribution is 5.75. The molecular formula is C14H29NO4. The molecule has 0 saturated carbocycles. The molecule has 5 nitrogen and oxygen atoms in total. The summed E-state index contributed by atoms with van der Waals surface area (Å²) < 4.78 is 10.6. The largest absolute Gasteiger partial charge is 0.393 e. The Morgan fingerprint density at radius 1 is 1.16 bits per heavy atom. The average Bonchev–Trinajstić information content (AvgIpc) is 2.33. The number of rotatable bonds is 11. The van der Waals surface area contributed by atoms with Gasteiger partial charge in [-0.05, 0) is 26.2 Å². The molecule has 0 rings (SSSR count). The number of carbonyl (C=O) groups excluding carboxylic acids is 1. The van der Waals surface area contributed by atoms with E-state index in [0.29, 0.717) is 39.2 Å². The smallest absolute Gasteiger partial charge is 0.222 e. The van der Waals surface area contributed by atoms with Gasteiger partial charge in [0.05, 0.1) is 25.4 Å². The number of carbonyl (C=O) groups is 1. The van der Waals surface area contributed by atoms with Crippen LogP contribution in [-0.2, 0) is 14.3 Å². The summed E-state index contributed by atoms with van der Waals surface area (Å²) in [6, 6.07) is 0. The van der Waals surface area contributed by atoms with Crippen molar-refractivity contribution in [2.75, 3.05) is 26.4 Å². The maximum absolute atomic E-state index is 11.4. The van der Waals surface area contributed by atoms with Gasteiger partial charge in [0.25, 0.3) is 0 Å². The predicted molar refractivity (Wildman–Crippen MR) is 75.0 cm³/mol. The molecule has 0 aromatic carbocycles. The van der Waals surface area contributed by atoms with Crippen LogP contribution in [0.5, 0.6) is 0 Å². The Hall–Kier alpha value is -0.650. The Bertz CT molecular complexity index is 231. The molecule has 0 aromatic heterocycles. The highest BCUT2D eigenvalue weighted by Crippen LogP contribution is 2.05. The van der Waals surface area contributed by atoms with Crippen molar-refractivity contribution < 1.29 is 19.4 Å². The topological polar surface area (TPSA) is 67.8 Å². The Morgan fingerprint density at radius 2 is 1.84 bits per heavy atom. The van der Waals surface area contributed by atoms with Crippen LogP contribution < -0.4 is 5.32 Å². The molecule has 0 aliphatic carbocycles. The Morgan fingerprint density at radius 3 is 2.42 bits per heavy atom. The van der Waals surface area contributed by atoms with E-state index >= 15 is 0 Å². The number of aliphatic hydroxyl groups excluding tert-OH is 1. The second-order valence-corrected chi connectivity index (χ2v) is 5.23. The monoisotopic (exact) mass is 275 g/mol. The molecule has 0 bridgehead atoms. The highest BCUT2D eigenvalue weighted by atomic mass is 16.5. The van der Waals surface area contributed by atoms with Crippen molar-refractivity contribution in [3.05, 3.63) is 0 Å². The van der Waals surface area contributed by atoms with Gasteiger partial charge in [-0.2, -0.15) is 0 Å². The van der Waals surface area contributed by atoms with Crippen molar-refractivity contribution in [2.24, 2.45) is 5.92 Å². The lowest BCUT2D eigenvalue weighted by Crippen LogP contribution is -2.29. The van der Waals surface area contributed by atoms with Gasteiger partial charge in [0.1, 0.15) is 0 Å². The van der Waals surface area contributed by atoms with Crippen LogP contribution >= 0.6 is 0 Å². The third-order valence-electron chi connectivity index (χ3n) is 2.68. The van der Waals surface area contributed by atoms with Gasteiger partial charge in [0.2, 0.25) is 5.91 Å². The molecule has 0 aliphatic rings. The second kappa shape index (κ2) is 11.2. The average molecular weight is 275 g/mol. The molecule has 2 N–H and O–H groups in total. The zero-order chi connectivity index (χ0) is 14.7. The van der Waals surface area contributed by atoms with Crippen molar-refractivity contribution in [3.8, 4) is 0 Å². The van der Waals surface area contributed by atoms with Crippen LogP contribution in [0.1, 0.15) is 40.5 Å². The summed E-state index contributed by atoms with van der Waals surface area (Å²) in [5.74, 6) is 0.213. The van der Waals surface area contributed by atoms with Crippen molar-refractivity contribution >= 4 is 5.91 Å². The number of amides is 1. The van der Waals surface area contributed by atoms with E-state index in [-0.39, 0.29) is 24.0 Å². The molecule has 0 heterocycles. The molecule has 5 heteroatoms. The summed E-state index contributed by atoms with van der Waals surface area (Å²) in [5.41, 5.74) is 0. The third-order valence-corrected chi connectivity index (χ3v) is 2.68. The normalized spacial score (nSPS) is 13.0. The Balaban J connectivity index is 3.34. The maximum Gasteiger partial charge on any atom is 0.222 e. The molecule has 0 spiro atoms. The fraction of sp³-hybridized carbons (Fsp3) is 0.929. The van der Waals surface area contributed by atoms with Crippen molar-refractivity contribution in [3.63, 3.8) is 0 Å². The molecule has 19 heavy (non-hydrogen) atoms. The Kier molecular flexibility index (Phi) is 10.8. The lowest BCUT2D eigenvalue weighted by atomic mass is 10.1. The summed E-state index contributed by atoms with van der Waals surface area (Å²) in [6.07, 6.45) is 0.815. The van der Waals surface area contributed by atoms with Crippen LogP contribution in [0, 0.1) is 5.92 Å². The summed E-state index contributed by atoms with van der Waals surface area (Å²) >= 11 is 0. The molecule has 0 saturated heterocycles. The van der Waals surface area contributed by atoms with Gasteiger partial charge in [-0.3, -0.25) is 4.79 Å². The van der Waals surface area contributed by atoms with Gasteiger partial charge in [-0.15, -0.1) is 0 Å². The van der Waals surface area contributed by atoms with Gasteiger partial charge < -0.3 is 19.9 Å². The van der Waals surface area contributed by atoms with E-state index in [9.17, 15) is 9.90 Å². The van der Waals surface area contributed by atoms with E-state index in [4.69, 9.17) is 9.47 Å². The molecule has 0 radical (unpaired) electrons. The third kappa shape index (κ3) is 12.1. The zero-order valence-electron chi connectivity index (χ0n) is 12.6. The highest BCUT2D eigenvalue weighted by Gasteiger charge is 2.08. The molecule has 1 amide bonds. The van der Waals surface area contributed by atoms with E-state index in [1.54, 1.807) is 0 Å². The summed E-state index contributed by atoms with van der Waals surface area (Å²) in [7, 11) is 0. The summed E-state index contributed by atoms with van der Waals surface area (Å²) in [4.78, 5) is 11.4. The van der Waals surface area contributed by atoms with E-state index in [0.717, 1.165) is 0 Å². The van der Waals surface area contributed by atoms with Crippen molar-refractivity contribution in [1.82, 2.24) is 5.32 Å². The molecule has 0 fully saturated rings. The molecule has 0 aromatic rings. The minimum atomic E-state index is -0.331. The zero-order valence-corrected chi connectivity index (χ0v) is 12.6. The summed E-state index contributed by atoms with van der Waals surface area (Å²) in [5, 5.41) is 12.3. The fourth-order valence-electron chi connectivity index (χ4n) is 1.38. The van der Waals surface area contributed by atoms with E-state index in [2.05, 4.69) is 5.32 Å². The van der Waals surface area contributed by atoms with Crippen molar-refractivity contribution in [2.45, 2.75) is 52.7 Å². The van der Waals surface area contributed by atoms with E-state index < -0.39 is 0 Å². The molecule has 114 valence electrons. The molecule has 1 unspecified atom stereocenters.